The Morgan fingerprint density at radius 3 is 2.32 bits per heavy atom. The van der Waals surface area contributed by atoms with Crippen LogP contribution in [0.15, 0.2) is 30.3 Å². The Labute approximate surface area is 126 Å². The standard InChI is InChI=1S/C17H27BrO/c1-14(2)17(4,13-18)10-15(3)11-19-12-16-8-6-5-7-9-16/h5-9,14-15H,10-13H2,1-4H3. The van der Waals surface area contributed by atoms with Crippen LogP contribution in [0.4, 0.5) is 0 Å². The molecule has 0 fully saturated rings. The Kier molecular flexibility index (Phi) is 7.09. The van der Waals surface area contributed by atoms with Gasteiger partial charge in [-0.1, -0.05) is 74.0 Å². The third-order valence-electron chi connectivity index (χ3n) is 4.03. The predicted octanol–water partition coefficient (Wildman–Crippen LogP) is 5.29. The number of alkyl halides is 1. The Hall–Kier alpha value is -0.340. The molecule has 1 rings (SSSR count). The van der Waals surface area contributed by atoms with E-state index >= 15 is 0 Å². The molecule has 1 aromatic rings. The first-order valence-electron chi connectivity index (χ1n) is 7.15. The van der Waals surface area contributed by atoms with Crippen molar-refractivity contribution >= 4 is 15.9 Å². The lowest BCUT2D eigenvalue weighted by Gasteiger charge is -2.34. The largest absolute Gasteiger partial charge is 0.376 e. The highest BCUT2D eigenvalue weighted by Crippen LogP contribution is 2.36. The maximum absolute atomic E-state index is 5.84. The van der Waals surface area contributed by atoms with Gasteiger partial charge in [0.2, 0.25) is 0 Å². The van der Waals surface area contributed by atoms with Crippen LogP contribution < -0.4 is 0 Å². The first-order chi connectivity index (χ1) is 8.98. The summed E-state index contributed by atoms with van der Waals surface area (Å²) in [6.07, 6.45) is 1.20. The van der Waals surface area contributed by atoms with E-state index in [9.17, 15) is 0 Å². The van der Waals surface area contributed by atoms with Crippen molar-refractivity contribution in [2.24, 2.45) is 17.3 Å². The van der Waals surface area contributed by atoms with Gasteiger partial charge in [-0.3, -0.25) is 0 Å². The van der Waals surface area contributed by atoms with Crippen molar-refractivity contribution in [1.29, 1.82) is 0 Å². The van der Waals surface area contributed by atoms with E-state index in [2.05, 4.69) is 67.9 Å². The smallest absolute Gasteiger partial charge is 0.0717 e. The van der Waals surface area contributed by atoms with Crippen LogP contribution in [-0.4, -0.2) is 11.9 Å². The van der Waals surface area contributed by atoms with Gasteiger partial charge in [0.25, 0.3) is 0 Å². The van der Waals surface area contributed by atoms with Crippen molar-refractivity contribution in [2.75, 3.05) is 11.9 Å². The first kappa shape index (κ1) is 16.7. The molecule has 0 radical (unpaired) electrons. The van der Waals surface area contributed by atoms with Crippen LogP contribution in [0.3, 0.4) is 0 Å². The number of hydrogen-bond acceptors (Lipinski definition) is 1. The lowest BCUT2D eigenvalue weighted by Crippen LogP contribution is -2.29. The van der Waals surface area contributed by atoms with Crippen LogP contribution in [0, 0.1) is 17.3 Å². The molecular formula is C17H27BrO. The zero-order chi connectivity index (χ0) is 14.3. The maximum atomic E-state index is 5.84. The van der Waals surface area contributed by atoms with Crippen LogP contribution in [0.25, 0.3) is 0 Å². The van der Waals surface area contributed by atoms with E-state index in [4.69, 9.17) is 4.74 Å². The molecule has 19 heavy (non-hydrogen) atoms. The predicted molar refractivity (Wildman–Crippen MR) is 86.6 cm³/mol. The molecule has 108 valence electrons. The zero-order valence-electron chi connectivity index (χ0n) is 12.7. The van der Waals surface area contributed by atoms with E-state index in [0.29, 0.717) is 17.3 Å². The fourth-order valence-corrected chi connectivity index (χ4v) is 3.13. The molecule has 1 nitrogen and oxygen atoms in total. The highest BCUT2D eigenvalue weighted by molar-refractivity contribution is 9.09. The molecule has 2 atom stereocenters. The Bertz CT molecular complexity index is 350. The number of ether oxygens (including phenoxy) is 1. The molecule has 0 aliphatic rings. The van der Waals surface area contributed by atoms with Crippen molar-refractivity contribution in [3.8, 4) is 0 Å². The van der Waals surface area contributed by atoms with E-state index in [1.165, 1.54) is 12.0 Å². The average Bonchev–Trinajstić information content (AvgIpc) is 2.39. The first-order valence-corrected chi connectivity index (χ1v) is 8.27. The van der Waals surface area contributed by atoms with E-state index in [0.717, 1.165) is 18.5 Å². The van der Waals surface area contributed by atoms with Crippen LogP contribution in [-0.2, 0) is 11.3 Å². The Morgan fingerprint density at radius 2 is 1.79 bits per heavy atom. The highest BCUT2D eigenvalue weighted by Gasteiger charge is 2.28. The molecule has 0 spiro atoms. The Morgan fingerprint density at radius 1 is 1.16 bits per heavy atom. The molecule has 0 aromatic heterocycles. The van der Waals surface area contributed by atoms with Gasteiger partial charge in [0.05, 0.1) is 6.61 Å². The minimum absolute atomic E-state index is 0.357. The topological polar surface area (TPSA) is 9.23 Å². The number of rotatable bonds is 8. The van der Waals surface area contributed by atoms with Gasteiger partial charge in [-0.25, -0.2) is 0 Å². The van der Waals surface area contributed by atoms with E-state index in [1.54, 1.807) is 0 Å². The van der Waals surface area contributed by atoms with Gasteiger partial charge in [-0.05, 0) is 29.2 Å². The molecule has 0 amide bonds. The summed E-state index contributed by atoms with van der Waals surface area (Å²) in [5, 5.41) is 1.06. The number of hydrogen-bond donors (Lipinski definition) is 0. The minimum atomic E-state index is 0.357. The lowest BCUT2D eigenvalue weighted by atomic mass is 9.75. The number of benzene rings is 1. The van der Waals surface area contributed by atoms with E-state index in [-0.39, 0.29) is 0 Å². The van der Waals surface area contributed by atoms with Crippen LogP contribution in [0.5, 0.6) is 0 Å². The molecule has 0 heterocycles. The SMILES string of the molecule is CC(COCc1ccccc1)CC(C)(CBr)C(C)C. The van der Waals surface area contributed by atoms with Crippen LogP contribution in [0.1, 0.15) is 39.7 Å². The molecule has 0 aliphatic carbocycles. The quantitative estimate of drug-likeness (QED) is 0.590. The second-order valence-electron chi connectivity index (χ2n) is 6.25. The highest BCUT2D eigenvalue weighted by atomic mass is 79.9. The molecular weight excluding hydrogens is 300 g/mol. The third-order valence-corrected chi connectivity index (χ3v) is 5.31. The summed E-state index contributed by atoms with van der Waals surface area (Å²) < 4.78 is 5.84. The lowest BCUT2D eigenvalue weighted by molar-refractivity contribution is 0.0688. The molecule has 0 bridgehead atoms. The molecule has 2 unspecified atom stereocenters. The summed E-state index contributed by atoms with van der Waals surface area (Å²) in [4.78, 5) is 0. The van der Waals surface area contributed by atoms with Crippen molar-refractivity contribution in [2.45, 2.75) is 40.7 Å². The van der Waals surface area contributed by atoms with Gasteiger partial charge < -0.3 is 4.74 Å². The van der Waals surface area contributed by atoms with Gasteiger partial charge in [-0.2, -0.15) is 0 Å². The number of halogens is 1. The van der Waals surface area contributed by atoms with E-state index < -0.39 is 0 Å². The second-order valence-corrected chi connectivity index (χ2v) is 6.81. The molecule has 1 aromatic carbocycles. The zero-order valence-corrected chi connectivity index (χ0v) is 14.2. The molecule has 0 saturated carbocycles. The molecule has 0 N–H and O–H groups in total. The fourth-order valence-electron chi connectivity index (χ4n) is 2.25. The van der Waals surface area contributed by atoms with Crippen molar-refractivity contribution in [3.05, 3.63) is 35.9 Å². The summed E-state index contributed by atoms with van der Waals surface area (Å²) in [5.41, 5.74) is 1.61. The van der Waals surface area contributed by atoms with Gasteiger partial charge >= 0.3 is 0 Å². The van der Waals surface area contributed by atoms with Crippen LogP contribution >= 0.6 is 15.9 Å². The van der Waals surface area contributed by atoms with Crippen molar-refractivity contribution < 1.29 is 4.74 Å². The Balaban J connectivity index is 2.33. The average molecular weight is 327 g/mol. The summed E-state index contributed by atoms with van der Waals surface area (Å²) >= 11 is 3.67. The van der Waals surface area contributed by atoms with Gasteiger partial charge in [0.1, 0.15) is 0 Å². The second kappa shape index (κ2) is 8.06. The van der Waals surface area contributed by atoms with Gasteiger partial charge in [-0.15, -0.1) is 0 Å². The molecule has 2 heteroatoms. The third kappa shape index (κ3) is 5.66. The van der Waals surface area contributed by atoms with Crippen LogP contribution in [0.2, 0.25) is 0 Å². The maximum Gasteiger partial charge on any atom is 0.0717 e. The fraction of sp³-hybridized carbons (Fsp3) is 0.647. The molecule has 0 aliphatic heterocycles. The normalized spacial score (nSPS) is 16.3. The van der Waals surface area contributed by atoms with Gasteiger partial charge in [0, 0.05) is 11.9 Å². The molecule has 0 saturated heterocycles. The van der Waals surface area contributed by atoms with Crippen molar-refractivity contribution in [1.82, 2.24) is 0 Å². The summed E-state index contributed by atoms with van der Waals surface area (Å²) in [6.45, 7) is 10.8. The van der Waals surface area contributed by atoms with Crippen molar-refractivity contribution in [3.63, 3.8) is 0 Å². The summed E-state index contributed by atoms with van der Waals surface area (Å²) in [6, 6.07) is 10.4. The monoisotopic (exact) mass is 326 g/mol. The van der Waals surface area contributed by atoms with E-state index in [1.807, 2.05) is 6.07 Å². The van der Waals surface area contributed by atoms with Gasteiger partial charge in [0.15, 0.2) is 0 Å². The summed E-state index contributed by atoms with van der Waals surface area (Å²) in [7, 11) is 0. The summed E-state index contributed by atoms with van der Waals surface area (Å²) in [5.74, 6) is 1.28. The minimum Gasteiger partial charge on any atom is -0.376 e.